The average molecular weight is 239 g/mol. The summed E-state index contributed by atoms with van der Waals surface area (Å²) in [7, 11) is 1.77. The highest BCUT2D eigenvalue weighted by Gasteiger charge is 2.27. The second-order valence-corrected chi connectivity index (χ2v) is 5.27. The number of ether oxygens (including phenoxy) is 1. The quantitative estimate of drug-likeness (QED) is 0.583. The third-order valence-corrected chi connectivity index (χ3v) is 3.98. The maximum atomic E-state index is 5.98. The highest BCUT2D eigenvalue weighted by atomic mass is 16.5. The molecule has 0 heterocycles. The van der Waals surface area contributed by atoms with Crippen LogP contribution in [0.15, 0.2) is 4.99 Å². The first kappa shape index (κ1) is 12.7. The zero-order chi connectivity index (χ0) is 12.1. The van der Waals surface area contributed by atoms with E-state index in [2.05, 4.69) is 10.3 Å². The number of rotatable bonds is 3. The van der Waals surface area contributed by atoms with E-state index >= 15 is 0 Å². The summed E-state index contributed by atoms with van der Waals surface area (Å²) in [5.74, 6) is 0.617. The first-order valence-electron chi connectivity index (χ1n) is 6.92. The van der Waals surface area contributed by atoms with Crippen LogP contribution in [-0.4, -0.2) is 31.3 Å². The second kappa shape index (κ2) is 6.24. The zero-order valence-electron chi connectivity index (χ0n) is 10.8. The Balaban J connectivity index is 1.83. The molecule has 0 saturated heterocycles. The first-order chi connectivity index (χ1) is 8.29. The molecule has 2 aliphatic carbocycles. The minimum atomic E-state index is 0.260. The highest BCUT2D eigenvalue weighted by Crippen LogP contribution is 2.24. The van der Waals surface area contributed by atoms with Crippen molar-refractivity contribution in [3.05, 3.63) is 0 Å². The lowest BCUT2D eigenvalue weighted by Crippen LogP contribution is -2.42. The van der Waals surface area contributed by atoms with Crippen molar-refractivity contribution in [3.63, 3.8) is 0 Å². The van der Waals surface area contributed by atoms with Crippen molar-refractivity contribution in [2.75, 3.05) is 7.11 Å². The molecule has 3 N–H and O–H groups in total. The molecule has 0 amide bonds. The number of hydrogen-bond donors (Lipinski definition) is 2. The fraction of sp³-hybridized carbons (Fsp3) is 0.923. The van der Waals surface area contributed by atoms with Gasteiger partial charge in [-0.2, -0.15) is 0 Å². The van der Waals surface area contributed by atoms with Crippen molar-refractivity contribution in [3.8, 4) is 0 Å². The predicted molar refractivity (Wildman–Crippen MR) is 70.1 cm³/mol. The molecule has 2 fully saturated rings. The molecule has 2 aliphatic rings. The minimum Gasteiger partial charge on any atom is -0.379 e. The summed E-state index contributed by atoms with van der Waals surface area (Å²) in [4.78, 5) is 4.58. The number of guanidine groups is 1. The summed E-state index contributed by atoms with van der Waals surface area (Å²) < 4.78 is 5.42. The number of nitrogens with two attached hydrogens (primary N) is 1. The lowest BCUT2D eigenvalue weighted by Gasteiger charge is -2.24. The lowest BCUT2D eigenvalue weighted by atomic mass is 9.96. The molecule has 0 aromatic heterocycles. The van der Waals surface area contributed by atoms with Gasteiger partial charge >= 0.3 is 0 Å². The summed E-state index contributed by atoms with van der Waals surface area (Å²) in [5, 5.41) is 3.36. The van der Waals surface area contributed by atoms with E-state index in [0.717, 1.165) is 12.8 Å². The van der Waals surface area contributed by atoms with Gasteiger partial charge in [0.25, 0.3) is 0 Å². The predicted octanol–water partition coefficient (Wildman–Crippen LogP) is 1.79. The van der Waals surface area contributed by atoms with Crippen molar-refractivity contribution >= 4 is 5.96 Å². The van der Waals surface area contributed by atoms with E-state index in [1.165, 1.54) is 38.5 Å². The number of methoxy groups -OCH3 is 1. The number of nitrogens with zero attached hydrogens (tertiary/aromatic N) is 1. The van der Waals surface area contributed by atoms with Gasteiger partial charge in [0.1, 0.15) is 0 Å². The summed E-state index contributed by atoms with van der Waals surface area (Å²) >= 11 is 0. The fourth-order valence-electron chi connectivity index (χ4n) is 3.00. The molecular formula is C13H25N3O. The first-order valence-corrected chi connectivity index (χ1v) is 6.92. The van der Waals surface area contributed by atoms with Crippen LogP contribution in [-0.2, 0) is 4.74 Å². The molecule has 0 aromatic carbocycles. The molecule has 0 radical (unpaired) electrons. The van der Waals surface area contributed by atoms with Crippen LogP contribution in [0.4, 0.5) is 0 Å². The van der Waals surface area contributed by atoms with Crippen LogP contribution >= 0.6 is 0 Å². The molecule has 2 atom stereocenters. The molecule has 0 bridgehead atoms. The maximum absolute atomic E-state index is 5.98. The standard InChI is InChI=1S/C13H25N3O/c1-17-12-9-5-8-11(12)16-13(14)15-10-6-3-2-4-7-10/h10-12H,2-9H2,1H3,(H3,14,15,16). The third kappa shape index (κ3) is 3.60. The average Bonchev–Trinajstić information content (AvgIpc) is 2.77. The van der Waals surface area contributed by atoms with Crippen LogP contribution < -0.4 is 11.1 Å². The van der Waals surface area contributed by atoms with Crippen molar-refractivity contribution in [1.82, 2.24) is 5.32 Å². The van der Waals surface area contributed by atoms with E-state index in [4.69, 9.17) is 10.5 Å². The van der Waals surface area contributed by atoms with E-state index < -0.39 is 0 Å². The van der Waals surface area contributed by atoms with Gasteiger partial charge in [0, 0.05) is 13.2 Å². The van der Waals surface area contributed by atoms with Gasteiger partial charge in [-0.3, -0.25) is 0 Å². The van der Waals surface area contributed by atoms with Gasteiger partial charge in [0.2, 0.25) is 0 Å². The Morgan fingerprint density at radius 3 is 2.59 bits per heavy atom. The normalized spacial score (nSPS) is 31.7. The number of hydrogen-bond acceptors (Lipinski definition) is 2. The van der Waals surface area contributed by atoms with Crippen LogP contribution in [0.2, 0.25) is 0 Å². The van der Waals surface area contributed by atoms with Crippen molar-refractivity contribution in [1.29, 1.82) is 0 Å². The SMILES string of the molecule is COC1CCCC1N=C(N)NC1CCCCC1. The zero-order valence-corrected chi connectivity index (χ0v) is 10.8. The number of nitrogens with one attached hydrogen (secondary N) is 1. The van der Waals surface area contributed by atoms with Gasteiger partial charge in [-0.05, 0) is 32.1 Å². The van der Waals surface area contributed by atoms with E-state index in [0.29, 0.717) is 12.0 Å². The van der Waals surface area contributed by atoms with E-state index in [-0.39, 0.29) is 12.1 Å². The molecule has 4 heteroatoms. The second-order valence-electron chi connectivity index (χ2n) is 5.27. The smallest absolute Gasteiger partial charge is 0.189 e. The molecule has 0 aromatic rings. The Kier molecular flexibility index (Phi) is 4.66. The maximum Gasteiger partial charge on any atom is 0.189 e. The molecular weight excluding hydrogens is 214 g/mol. The lowest BCUT2D eigenvalue weighted by molar-refractivity contribution is 0.0964. The molecule has 2 rings (SSSR count). The molecule has 4 nitrogen and oxygen atoms in total. The Morgan fingerprint density at radius 1 is 1.12 bits per heavy atom. The molecule has 17 heavy (non-hydrogen) atoms. The van der Waals surface area contributed by atoms with Crippen LogP contribution in [0.1, 0.15) is 51.4 Å². The minimum absolute atomic E-state index is 0.260. The van der Waals surface area contributed by atoms with Crippen LogP contribution in [0.25, 0.3) is 0 Å². The molecule has 2 unspecified atom stereocenters. The summed E-state index contributed by atoms with van der Waals surface area (Å²) in [6.07, 6.45) is 10.1. The Morgan fingerprint density at radius 2 is 1.88 bits per heavy atom. The van der Waals surface area contributed by atoms with Gasteiger partial charge in [-0.25, -0.2) is 4.99 Å². The van der Waals surface area contributed by atoms with Gasteiger partial charge < -0.3 is 15.8 Å². The van der Waals surface area contributed by atoms with Gasteiger partial charge in [0.05, 0.1) is 12.1 Å². The largest absolute Gasteiger partial charge is 0.379 e. The fourth-order valence-corrected chi connectivity index (χ4v) is 3.00. The summed E-state index contributed by atoms with van der Waals surface area (Å²) in [6.45, 7) is 0. The monoisotopic (exact) mass is 239 g/mol. The van der Waals surface area contributed by atoms with Gasteiger partial charge in [-0.15, -0.1) is 0 Å². The summed E-state index contributed by atoms with van der Waals surface area (Å²) in [5.41, 5.74) is 5.98. The van der Waals surface area contributed by atoms with E-state index in [1.54, 1.807) is 7.11 Å². The van der Waals surface area contributed by atoms with E-state index in [9.17, 15) is 0 Å². The Labute approximate surface area is 104 Å². The third-order valence-electron chi connectivity index (χ3n) is 3.98. The molecule has 98 valence electrons. The van der Waals surface area contributed by atoms with Gasteiger partial charge in [-0.1, -0.05) is 19.3 Å². The van der Waals surface area contributed by atoms with Gasteiger partial charge in [0.15, 0.2) is 5.96 Å². The Hall–Kier alpha value is -0.770. The number of aliphatic imine (C=N–C) groups is 1. The van der Waals surface area contributed by atoms with Crippen molar-refractivity contribution < 1.29 is 4.74 Å². The Bertz CT molecular complexity index is 261. The molecule has 2 saturated carbocycles. The van der Waals surface area contributed by atoms with Crippen LogP contribution in [0, 0.1) is 0 Å². The summed E-state index contributed by atoms with van der Waals surface area (Å²) in [6, 6.07) is 0.797. The van der Waals surface area contributed by atoms with E-state index in [1.807, 2.05) is 0 Å². The molecule has 0 aliphatic heterocycles. The van der Waals surface area contributed by atoms with Crippen molar-refractivity contribution in [2.24, 2.45) is 10.7 Å². The van der Waals surface area contributed by atoms with Crippen LogP contribution in [0.5, 0.6) is 0 Å². The highest BCUT2D eigenvalue weighted by molar-refractivity contribution is 5.78. The molecule has 0 spiro atoms. The topological polar surface area (TPSA) is 59.6 Å². The van der Waals surface area contributed by atoms with Crippen molar-refractivity contribution in [2.45, 2.75) is 69.6 Å². The van der Waals surface area contributed by atoms with Crippen LogP contribution in [0.3, 0.4) is 0 Å².